The Morgan fingerprint density at radius 2 is 1.84 bits per heavy atom. The Labute approximate surface area is 112 Å². The molecule has 1 aromatic carbocycles. The van der Waals surface area contributed by atoms with E-state index in [1.54, 1.807) is 44.2 Å². The summed E-state index contributed by atoms with van der Waals surface area (Å²) < 4.78 is 0. The molecule has 0 saturated carbocycles. The molecule has 1 rings (SSSR count). The molecule has 0 fully saturated rings. The third-order valence-corrected chi connectivity index (χ3v) is 2.79. The Balaban J connectivity index is 2.61. The zero-order valence-electron chi connectivity index (χ0n) is 11.1. The molecule has 1 aromatic rings. The van der Waals surface area contributed by atoms with Crippen LogP contribution in [-0.2, 0) is 9.59 Å². The molecule has 0 bridgehead atoms. The van der Waals surface area contributed by atoms with Crippen molar-refractivity contribution in [2.75, 3.05) is 0 Å². The molecule has 104 valence electrons. The van der Waals surface area contributed by atoms with E-state index in [1.807, 2.05) is 0 Å². The van der Waals surface area contributed by atoms with Gasteiger partial charge in [-0.15, -0.1) is 0 Å². The molecular formula is C14H19NO4. The molecule has 0 aliphatic carbocycles. The number of hydrogen-bond acceptors (Lipinski definition) is 3. The number of aliphatic hydroxyl groups is 1. The van der Waals surface area contributed by atoms with E-state index in [0.717, 1.165) is 0 Å². The van der Waals surface area contributed by atoms with Crippen molar-refractivity contribution in [1.29, 1.82) is 0 Å². The Morgan fingerprint density at radius 3 is 2.37 bits per heavy atom. The number of rotatable bonds is 6. The van der Waals surface area contributed by atoms with Crippen LogP contribution in [0.15, 0.2) is 30.3 Å². The van der Waals surface area contributed by atoms with Gasteiger partial charge < -0.3 is 15.5 Å². The van der Waals surface area contributed by atoms with Gasteiger partial charge >= 0.3 is 5.97 Å². The van der Waals surface area contributed by atoms with Crippen LogP contribution in [0.2, 0.25) is 0 Å². The average molecular weight is 265 g/mol. The Morgan fingerprint density at radius 1 is 1.26 bits per heavy atom. The van der Waals surface area contributed by atoms with E-state index in [-0.39, 0.29) is 6.42 Å². The van der Waals surface area contributed by atoms with Crippen molar-refractivity contribution in [3.8, 4) is 0 Å². The second kappa shape index (κ2) is 6.33. The van der Waals surface area contributed by atoms with Crippen LogP contribution in [0.4, 0.5) is 0 Å². The fraction of sp³-hybridized carbons (Fsp3) is 0.429. The maximum atomic E-state index is 11.9. The van der Waals surface area contributed by atoms with Crippen LogP contribution in [0.5, 0.6) is 0 Å². The van der Waals surface area contributed by atoms with Gasteiger partial charge in [0.05, 0.1) is 0 Å². The van der Waals surface area contributed by atoms with Crippen molar-refractivity contribution >= 4 is 11.9 Å². The number of carboxylic acid groups (broad SMARTS) is 1. The average Bonchev–Trinajstić information content (AvgIpc) is 2.36. The normalized spacial score (nSPS) is 12.8. The van der Waals surface area contributed by atoms with Gasteiger partial charge in [0, 0.05) is 12.0 Å². The lowest BCUT2D eigenvalue weighted by atomic mass is 9.97. The topological polar surface area (TPSA) is 86.6 Å². The van der Waals surface area contributed by atoms with Crippen LogP contribution >= 0.6 is 0 Å². The van der Waals surface area contributed by atoms with Crippen molar-refractivity contribution in [3.05, 3.63) is 35.9 Å². The summed E-state index contributed by atoms with van der Waals surface area (Å²) in [7, 11) is 0. The number of carbonyl (C=O) groups is 2. The fourth-order valence-corrected chi connectivity index (χ4v) is 1.67. The van der Waals surface area contributed by atoms with Gasteiger partial charge in [0.25, 0.3) is 5.91 Å². The van der Waals surface area contributed by atoms with Crippen LogP contribution in [-0.4, -0.2) is 27.6 Å². The molecule has 5 heteroatoms. The van der Waals surface area contributed by atoms with E-state index in [1.165, 1.54) is 0 Å². The number of aliphatic carboxylic acids is 1. The van der Waals surface area contributed by atoms with Crippen molar-refractivity contribution in [3.63, 3.8) is 0 Å². The molecule has 0 radical (unpaired) electrons. The van der Waals surface area contributed by atoms with Gasteiger partial charge in [0.1, 0.15) is 0 Å². The molecule has 0 saturated heterocycles. The molecule has 3 N–H and O–H groups in total. The van der Waals surface area contributed by atoms with Crippen molar-refractivity contribution < 1.29 is 19.8 Å². The second-order valence-corrected chi connectivity index (χ2v) is 5.08. The van der Waals surface area contributed by atoms with Gasteiger partial charge in [0.15, 0.2) is 6.10 Å². The van der Waals surface area contributed by atoms with Crippen LogP contribution in [0.25, 0.3) is 0 Å². The summed E-state index contributed by atoms with van der Waals surface area (Å²) in [6.07, 6.45) is -0.977. The molecule has 0 heterocycles. The number of amides is 1. The third-order valence-electron chi connectivity index (χ3n) is 2.79. The highest BCUT2D eigenvalue weighted by atomic mass is 16.4. The first-order valence-corrected chi connectivity index (χ1v) is 6.09. The van der Waals surface area contributed by atoms with Crippen molar-refractivity contribution in [1.82, 2.24) is 5.32 Å². The maximum absolute atomic E-state index is 11.9. The third kappa shape index (κ3) is 5.09. The Bertz CT molecular complexity index is 442. The molecule has 0 aliphatic heterocycles. The molecule has 0 unspecified atom stereocenters. The summed E-state index contributed by atoms with van der Waals surface area (Å²) in [6.45, 7) is 3.46. The smallest absolute Gasteiger partial charge is 0.303 e. The summed E-state index contributed by atoms with van der Waals surface area (Å²) in [5.74, 6) is -1.44. The first kappa shape index (κ1) is 15.2. The number of carbonyl (C=O) groups excluding carboxylic acids is 1. The highest BCUT2D eigenvalue weighted by Gasteiger charge is 2.25. The molecule has 1 amide bonds. The van der Waals surface area contributed by atoms with Gasteiger partial charge in [-0.3, -0.25) is 9.59 Å². The Kier molecular flexibility index (Phi) is 5.06. The van der Waals surface area contributed by atoms with E-state index in [4.69, 9.17) is 5.11 Å². The molecule has 0 aromatic heterocycles. The number of nitrogens with one attached hydrogen (secondary N) is 1. The minimum absolute atomic E-state index is 0.0330. The zero-order valence-corrected chi connectivity index (χ0v) is 11.1. The molecule has 19 heavy (non-hydrogen) atoms. The summed E-state index contributed by atoms with van der Waals surface area (Å²) in [4.78, 5) is 22.4. The van der Waals surface area contributed by atoms with E-state index in [9.17, 15) is 14.7 Å². The highest BCUT2D eigenvalue weighted by Crippen LogP contribution is 2.16. The van der Waals surface area contributed by atoms with Crippen LogP contribution in [0, 0.1) is 0 Å². The standard InChI is InChI=1S/C14H19NO4/c1-14(2,9-8-11(16)17)15-13(19)12(18)10-6-4-3-5-7-10/h3-7,12,18H,8-9H2,1-2H3,(H,15,19)(H,16,17)/t12-/m1/s1. The lowest BCUT2D eigenvalue weighted by Crippen LogP contribution is -2.45. The van der Waals surface area contributed by atoms with E-state index in [2.05, 4.69) is 5.32 Å². The van der Waals surface area contributed by atoms with Gasteiger partial charge in [-0.05, 0) is 25.8 Å². The van der Waals surface area contributed by atoms with E-state index < -0.39 is 23.5 Å². The molecule has 5 nitrogen and oxygen atoms in total. The first-order valence-electron chi connectivity index (χ1n) is 6.09. The van der Waals surface area contributed by atoms with Gasteiger partial charge in [-0.2, -0.15) is 0 Å². The van der Waals surface area contributed by atoms with Crippen LogP contribution in [0.1, 0.15) is 38.4 Å². The maximum Gasteiger partial charge on any atom is 0.303 e. The first-order chi connectivity index (χ1) is 8.82. The molecular weight excluding hydrogens is 246 g/mol. The van der Waals surface area contributed by atoms with Gasteiger partial charge in [0.2, 0.25) is 0 Å². The lowest BCUT2D eigenvalue weighted by molar-refractivity contribution is -0.138. The zero-order chi connectivity index (χ0) is 14.5. The summed E-state index contributed by atoms with van der Waals surface area (Å²) in [5, 5.41) is 21.2. The molecule has 0 spiro atoms. The number of benzene rings is 1. The number of hydrogen-bond donors (Lipinski definition) is 3. The number of carboxylic acids is 1. The quantitative estimate of drug-likeness (QED) is 0.727. The Hall–Kier alpha value is -1.88. The predicted molar refractivity (Wildman–Crippen MR) is 70.5 cm³/mol. The second-order valence-electron chi connectivity index (χ2n) is 5.08. The largest absolute Gasteiger partial charge is 0.481 e. The van der Waals surface area contributed by atoms with Crippen molar-refractivity contribution in [2.24, 2.45) is 0 Å². The fourth-order valence-electron chi connectivity index (χ4n) is 1.67. The van der Waals surface area contributed by atoms with Crippen LogP contribution < -0.4 is 5.32 Å². The highest BCUT2D eigenvalue weighted by molar-refractivity contribution is 5.82. The minimum Gasteiger partial charge on any atom is -0.481 e. The summed E-state index contributed by atoms with van der Waals surface area (Å²) in [6, 6.07) is 8.59. The lowest BCUT2D eigenvalue weighted by Gasteiger charge is -2.27. The van der Waals surface area contributed by atoms with Gasteiger partial charge in [-0.25, -0.2) is 0 Å². The van der Waals surface area contributed by atoms with Gasteiger partial charge in [-0.1, -0.05) is 30.3 Å². The van der Waals surface area contributed by atoms with Crippen molar-refractivity contribution in [2.45, 2.75) is 38.3 Å². The summed E-state index contributed by atoms with van der Waals surface area (Å²) >= 11 is 0. The predicted octanol–water partition coefficient (Wildman–Crippen LogP) is 1.48. The van der Waals surface area contributed by atoms with E-state index in [0.29, 0.717) is 12.0 Å². The minimum atomic E-state index is -1.25. The van der Waals surface area contributed by atoms with E-state index >= 15 is 0 Å². The SMILES string of the molecule is CC(C)(CCC(=O)O)NC(=O)[C@H](O)c1ccccc1. The monoisotopic (exact) mass is 265 g/mol. The molecule has 0 aliphatic rings. The molecule has 1 atom stereocenters. The number of aliphatic hydroxyl groups excluding tert-OH is 1. The van der Waals surface area contributed by atoms with Crippen LogP contribution in [0.3, 0.4) is 0 Å². The summed E-state index contributed by atoms with van der Waals surface area (Å²) in [5.41, 5.74) is -0.167.